The Bertz CT molecular complexity index is 418. The van der Waals surface area contributed by atoms with Crippen LogP contribution in [0, 0.1) is 29.6 Å². The summed E-state index contributed by atoms with van der Waals surface area (Å²) in [6.07, 6.45) is 18.1. The minimum atomic E-state index is 0.0513. The van der Waals surface area contributed by atoms with E-state index in [-0.39, 0.29) is 12.1 Å². The number of ether oxygens (including phenoxy) is 1. The van der Waals surface area contributed by atoms with Gasteiger partial charge >= 0.3 is 5.97 Å². The molecule has 144 valence electrons. The summed E-state index contributed by atoms with van der Waals surface area (Å²) < 4.78 is 5.80. The molecule has 0 N–H and O–H groups in total. The molecule has 2 nitrogen and oxygen atoms in total. The number of hydrogen-bond donors (Lipinski definition) is 0. The van der Waals surface area contributed by atoms with E-state index in [1.807, 2.05) is 0 Å². The first-order valence-corrected chi connectivity index (χ1v) is 11.4. The Kier molecular flexibility index (Phi) is 7.25. The maximum absolute atomic E-state index is 12.0. The highest BCUT2D eigenvalue weighted by Gasteiger charge is 2.44. The fourth-order valence-corrected chi connectivity index (χ4v) is 6.28. The van der Waals surface area contributed by atoms with Crippen LogP contribution in [0.3, 0.4) is 0 Å². The molecule has 4 unspecified atom stereocenters. The quantitative estimate of drug-likeness (QED) is 0.489. The van der Waals surface area contributed by atoms with Crippen molar-refractivity contribution in [3.63, 3.8) is 0 Å². The molecule has 0 aromatic carbocycles. The average Bonchev–Trinajstić information content (AvgIpc) is 2.64. The van der Waals surface area contributed by atoms with Crippen molar-refractivity contribution in [3.05, 3.63) is 0 Å². The Labute approximate surface area is 155 Å². The van der Waals surface area contributed by atoms with Crippen molar-refractivity contribution in [1.29, 1.82) is 0 Å². The monoisotopic (exact) mass is 348 g/mol. The zero-order chi connectivity index (χ0) is 17.6. The van der Waals surface area contributed by atoms with Gasteiger partial charge in [0.25, 0.3) is 0 Å². The van der Waals surface area contributed by atoms with Crippen LogP contribution in [-0.2, 0) is 9.53 Å². The second-order valence-corrected chi connectivity index (χ2v) is 9.27. The van der Waals surface area contributed by atoms with E-state index < -0.39 is 0 Å². The van der Waals surface area contributed by atoms with Gasteiger partial charge in [0, 0.05) is 6.42 Å². The predicted octanol–water partition coefficient (Wildman–Crippen LogP) is 6.52. The molecular weight excluding hydrogens is 308 g/mol. The van der Waals surface area contributed by atoms with Gasteiger partial charge in [0.2, 0.25) is 0 Å². The third kappa shape index (κ3) is 5.01. The number of fused-ring (bicyclic) bond motifs is 3. The van der Waals surface area contributed by atoms with E-state index in [0.29, 0.717) is 6.42 Å². The van der Waals surface area contributed by atoms with Crippen molar-refractivity contribution in [3.8, 4) is 0 Å². The number of carbonyl (C=O) groups is 1. The number of hydrogen-bond acceptors (Lipinski definition) is 2. The molecular formula is C23H40O2. The van der Waals surface area contributed by atoms with E-state index in [1.54, 1.807) is 0 Å². The van der Waals surface area contributed by atoms with Gasteiger partial charge in [-0.05, 0) is 81.0 Å². The van der Waals surface area contributed by atoms with Crippen molar-refractivity contribution in [1.82, 2.24) is 0 Å². The fourth-order valence-electron chi connectivity index (χ4n) is 6.28. The van der Waals surface area contributed by atoms with Crippen LogP contribution in [0.1, 0.15) is 104 Å². The van der Waals surface area contributed by atoms with Crippen LogP contribution in [0.5, 0.6) is 0 Å². The molecule has 3 aliphatic carbocycles. The van der Waals surface area contributed by atoms with Gasteiger partial charge in [0.05, 0.1) is 0 Å². The lowest BCUT2D eigenvalue weighted by Gasteiger charge is -2.50. The van der Waals surface area contributed by atoms with Gasteiger partial charge in [-0.15, -0.1) is 0 Å². The molecule has 0 bridgehead atoms. The SMILES string of the molecule is CCCCC(=O)O[C@@H]1CCC2C(CCC3C[C@H](CCCC)CCC32)C1. The van der Waals surface area contributed by atoms with Gasteiger partial charge in [0.15, 0.2) is 0 Å². The summed E-state index contributed by atoms with van der Waals surface area (Å²) in [5.74, 6) is 4.86. The molecule has 0 spiro atoms. The number of carbonyl (C=O) groups excluding carboxylic acids is 1. The number of unbranched alkanes of at least 4 members (excludes halogenated alkanes) is 2. The predicted molar refractivity (Wildman–Crippen MR) is 103 cm³/mol. The highest BCUT2D eigenvalue weighted by atomic mass is 16.5. The molecule has 6 atom stereocenters. The Hall–Kier alpha value is -0.530. The van der Waals surface area contributed by atoms with Crippen LogP contribution in [0.2, 0.25) is 0 Å². The summed E-state index contributed by atoms with van der Waals surface area (Å²) in [4.78, 5) is 12.0. The van der Waals surface area contributed by atoms with Crippen LogP contribution in [0.15, 0.2) is 0 Å². The molecule has 0 aromatic rings. The smallest absolute Gasteiger partial charge is 0.306 e. The first kappa shape index (κ1) is 19.2. The largest absolute Gasteiger partial charge is 0.462 e. The van der Waals surface area contributed by atoms with E-state index in [0.717, 1.165) is 55.3 Å². The van der Waals surface area contributed by atoms with Gasteiger partial charge in [-0.1, -0.05) is 46.0 Å². The van der Waals surface area contributed by atoms with Crippen LogP contribution in [0.25, 0.3) is 0 Å². The molecule has 2 heteroatoms. The van der Waals surface area contributed by atoms with Crippen LogP contribution in [0.4, 0.5) is 0 Å². The van der Waals surface area contributed by atoms with Crippen molar-refractivity contribution < 1.29 is 9.53 Å². The van der Waals surface area contributed by atoms with Gasteiger partial charge in [-0.25, -0.2) is 0 Å². The molecule has 3 rings (SSSR count). The molecule has 3 aliphatic rings. The lowest BCUT2D eigenvalue weighted by Crippen LogP contribution is -2.43. The molecule has 25 heavy (non-hydrogen) atoms. The van der Waals surface area contributed by atoms with Crippen LogP contribution >= 0.6 is 0 Å². The topological polar surface area (TPSA) is 26.3 Å². The van der Waals surface area contributed by atoms with Crippen molar-refractivity contribution in [2.24, 2.45) is 29.6 Å². The highest BCUT2D eigenvalue weighted by molar-refractivity contribution is 5.69. The molecule has 0 radical (unpaired) electrons. The minimum Gasteiger partial charge on any atom is -0.462 e. The Morgan fingerprint density at radius 2 is 1.52 bits per heavy atom. The summed E-state index contributed by atoms with van der Waals surface area (Å²) >= 11 is 0. The Morgan fingerprint density at radius 1 is 0.840 bits per heavy atom. The zero-order valence-electron chi connectivity index (χ0n) is 16.7. The minimum absolute atomic E-state index is 0.0513. The summed E-state index contributed by atoms with van der Waals surface area (Å²) in [5, 5.41) is 0. The summed E-state index contributed by atoms with van der Waals surface area (Å²) in [6, 6.07) is 0. The number of rotatable bonds is 7. The first-order valence-electron chi connectivity index (χ1n) is 11.4. The van der Waals surface area contributed by atoms with E-state index in [4.69, 9.17) is 4.74 Å². The van der Waals surface area contributed by atoms with E-state index in [2.05, 4.69) is 13.8 Å². The lowest BCUT2D eigenvalue weighted by molar-refractivity contribution is -0.153. The molecule has 0 aromatic heterocycles. The van der Waals surface area contributed by atoms with E-state index in [9.17, 15) is 4.79 Å². The maximum Gasteiger partial charge on any atom is 0.306 e. The van der Waals surface area contributed by atoms with Crippen LogP contribution in [-0.4, -0.2) is 12.1 Å². The second-order valence-electron chi connectivity index (χ2n) is 9.27. The summed E-state index contributed by atoms with van der Waals surface area (Å²) in [5.41, 5.74) is 0. The van der Waals surface area contributed by atoms with Crippen LogP contribution < -0.4 is 0 Å². The van der Waals surface area contributed by atoms with E-state index >= 15 is 0 Å². The maximum atomic E-state index is 12.0. The zero-order valence-corrected chi connectivity index (χ0v) is 16.7. The van der Waals surface area contributed by atoms with Gasteiger partial charge in [0.1, 0.15) is 6.10 Å². The first-order chi connectivity index (χ1) is 12.2. The number of esters is 1. The molecule has 0 saturated heterocycles. The Morgan fingerprint density at radius 3 is 2.24 bits per heavy atom. The highest BCUT2D eigenvalue weighted by Crippen LogP contribution is 2.53. The molecule has 0 aliphatic heterocycles. The van der Waals surface area contributed by atoms with Crippen molar-refractivity contribution in [2.45, 2.75) is 110 Å². The third-order valence-electron chi connectivity index (χ3n) is 7.60. The molecule has 3 saturated carbocycles. The summed E-state index contributed by atoms with van der Waals surface area (Å²) in [7, 11) is 0. The van der Waals surface area contributed by atoms with E-state index in [1.165, 1.54) is 57.8 Å². The molecule has 3 fully saturated rings. The Balaban J connectivity index is 1.47. The lowest BCUT2D eigenvalue weighted by atomic mass is 9.56. The van der Waals surface area contributed by atoms with Gasteiger partial charge in [-0.3, -0.25) is 4.79 Å². The van der Waals surface area contributed by atoms with Crippen molar-refractivity contribution >= 4 is 5.97 Å². The average molecular weight is 349 g/mol. The fraction of sp³-hybridized carbons (Fsp3) is 0.957. The summed E-state index contributed by atoms with van der Waals surface area (Å²) in [6.45, 7) is 4.46. The normalized spacial score (nSPS) is 37.8. The van der Waals surface area contributed by atoms with Crippen molar-refractivity contribution in [2.75, 3.05) is 0 Å². The standard InChI is InChI=1S/C23H40O2/c1-3-5-7-17-9-13-21-18(15-17)10-11-19-16-20(12-14-22(19)21)25-23(24)8-6-4-2/h17-22H,3-16H2,1-2H3/t17-,18?,19?,20-,21?,22?/m1/s1. The molecule has 0 heterocycles. The van der Waals surface area contributed by atoms with Gasteiger partial charge < -0.3 is 4.74 Å². The third-order valence-corrected chi connectivity index (χ3v) is 7.60. The van der Waals surface area contributed by atoms with Gasteiger partial charge in [-0.2, -0.15) is 0 Å². The molecule has 0 amide bonds. The second kappa shape index (κ2) is 9.42.